The Labute approximate surface area is 81.8 Å². The highest BCUT2D eigenvalue weighted by Crippen LogP contribution is 2.20. The summed E-state index contributed by atoms with van der Waals surface area (Å²) in [6, 6.07) is 1.39. The van der Waals surface area contributed by atoms with E-state index in [-0.39, 0.29) is 23.8 Å². The first kappa shape index (κ1) is 10.8. The molecule has 0 fully saturated rings. The molecule has 0 spiro atoms. The van der Waals surface area contributed by atoms with Crippen LogP contribution in [0.1, 0.15) is 31.1 Å². The summed E-state index contributed by atoms with van der Waals surface area (Å²) in [5.74, 6) is -0.0224. The third kappa shape index (κ3) is 1.96. The molecule has 1 aromatic heterocycles. The minimum Gasteiger partial charge on any atom is -0.507 e. The van der Waals surface area contributed by atoms with Gasteiger partial charge in [-0.05, 0) is 6.42 Å². The molecule has 0 aliphatic rings. The van der Waals surface area contributed by atoms with Crippen molar-refractivity contribution < 1.29 is 14.6 Å². The molecule has 1 unspecified atom stereocenters. The molecule has 14 heavy (non-hydrogen) atoms. The van der Waals surface area contributed by atoms with Crippen molar-refractivity contribution in [3.8, 4) is 5.75 Å². The van der Waals surface area contributed by atoms with E-state index in [1.807, 2.05) is 0 Å². The lowest BCUT2D eigenvalue weighted by Crippen LogP contribution is -2.10. The van der Waals surface area contributed by atoms with Gasteiger partial charge in [-0.25, -0.2) is 4.79 Å². The van der Waals surface area contributed by atoms with Crippen molar-refractivity contribution in [3.05, 3.63) is 27.8 Å². The number of aromatic hydroxyl groups is 1. The molecule has 1 heterocycles. The van der Waals surface area contributed by atoms with Crippen LogP contribution in [0.25, 0.3) is 0 Å². The highest BCUT2D eigenvalue weighted by Gasteiger charge is 2.13. The van der Waals surface area contributed by atoms with E-state index < -0.39 is 5.63 Å². The maximum Gasteiger partial charge on any atom is 0.342 e. The molecule has 2 N–H and O–H groups in total. The largest absolute Gasteiger partial charge is 0.507 e. The van der Waals surface area contributed by atoms with Gasteiger partial charge in [0.1, 0.15) is 11.5 Å². The summed E-state index contributed by atoms with van der Waals surface area (Å²) in [5, 5.41) is 18.3. The number of aliphatic hydroxyl groups is 1. The zero-order valence-corrected chi connectivity index (χ0v) is 8.28. The summed E-state index contributed by atoms with van der Waals surface area (Å²) in [6.45, 7) is 3.36. The van der Waals surface area contributed by atoms with Gasteiger partial charge in [-0.1, -0.05) is 13.8 Å². The maximum atomic E-state index is 11.3. The van der Waals surface area contributed by atoms with Gasteiger partial charge < -0.3 is 14.6 Å². The third-order valence-corrected chi connectivity index (χ3v) is 2.16. The van der Waals surface area contributed by atoms with E-state index in [4.69, 9.17) is 9.52 Å². The van der Waals surface area contributed by atoms with E-state index in [1.54, 1.807) is 13.8 Å². The van der Waals surface area contributed by atoms with E-state index in [9.17, 15) is 9.90 Å². The molecule has 78 valence electrons. The minimum atomic E-state index is -0.525. The van der Waals surface area contributed by atoms with Crippen LogP contribution in [0.4, 0.5) is 0 Å². The lowest BCUT2D eigenvalue weighted by atomic mass is 10.1. The summed E-state index contributed by atoms with van der Waals surface area (Å²) in [7, 11) is 0. The fourth-order valence-corrected chi connectivity index (χ4v) is 1.18. The van der Waals surface area contributed by atoms with Crippen LogP contribution in [0, 0.1) is 0 Å². The van der Waals surface area contributed by atoms with Gasteiger partial charge in [-0.3, -0.25) is 0 Å². The highest BCUT2D eigenvalue weighted by atomic mass is 16.4. The van der Waals surface area contributed by atoms with Crippen molar-refractivity contribution in [1.82, 2.24) is 0 Å². The van der Waals surface area contributed by atoms with Gasteiger partial charge in [-0.2, -0.15) is 0 Å². The molecular formula is C10H14O4. The highest BCUT2D eigenvalue weighted by molar-refractivity contribution is 5.30. The Morgan fingerprint density at radius 2 is 2.21 bits per heavy atom. The molecule has 4 heteroatoms. The van der Waals surface area contributed by atoms with E-state index in [2.05, 4.69) is 0 Å². The molecule has 0 bridgehead atoms. The van der Waals surface area contributed by atoms with Gasteiger partial charge in [0.25, 0.3) is 0 Å². The van der Waals surface area contributed by atoms with Crippen molar-refractivity contribution in [3.63, 3.8) is 0 Å². The predicted molar refractivity (Wildman–Crippen MR) is 51.5 cm³/mol. The molecule has 0 saturated carbocycles. The Morgan fingerprint density at radius 1 is 1.57 bits per heavy atom. The van der Waals surface area contributed by atoms with Gasteiger partial charge in [0.15, 0.2) is 0 Å². The zero-order chi connectivity index (χ0) is 10.7. The van der Waals surface area contributed by atoms with Crippen LogP contribution >= 0.6 is 0 Å². The average Bonchev–Trinajstić information content (AvgIpc) is 2.16. The predicted octanol–water partition coefficient (Wildman–Crippen LogP) is 1.00. The normalized spacial score (nSPS) is 12.8. The second-order valence-corrected chi connectivity index (χ2v) is 3.24. The lowest BCUT2D eigenvalue weighted by Gasteiger charge is -2.08. The van der Waals surface area contributed by atoms with Crippen molar-refractivity contribution in [1.29, 1.82) is 0 Å². The summed E-state index contributed by atoms with van der Waals surface area (Å²) >= 11 is 0. The topological polar surface area (TPSA) is 70.7 Å². The molecule has 0 radical (unpaired) electrons. The molecule has 0 saturated heterocycles. The smallest absolute Gasteiger partial charge is 0.342 e. The fourth-order valence-electron chi connectivity index (χ4n) is 1.18. The number of rotatable bonds is 3. The third-order valence-electron chi connectivity index (χ3n) is 2.16. The Morgan fingerprint density at radius 3 is 2.64 bits per heavy atom. The van der Waals surface area contributed by atoms with Gasteiger partial charge >= 0.3 is 5.63 Å². The Hall–Kier alpha value is -1.29. The van der Waals surface area contributed by atoms with E-state index >= 15 is 0 Å². The van der Waals surface area contributed by atoms with Crippen LogP contribution in [0.2, 0.25) is 0 Å². The van der Waals surface area contributed by atoms with Crippen molar-refractivity contribution >= 4 is 0 Å². The van der Waals surface area contributed by atoms with Crippen molar-refractivity contribution in [2.24, 2.45) is 0 Å². The monoisotopic (exact) mass is 198 g/mol. The van der Waals surface area contributed by atoms with Crippen molar-refractivity contribution in [2.75, 3.05) is 6.61 Å². The molecular weight excluding hydrogens is 184 g/mol. The molecule has 1 aromatic rings. The molecule has 1 rings (SSSR count). The summed E-state index contributed by atoms with van der Waals surface area (Å²) < 4.78 is 4.96. The minimum absolute atomic E-state index is 0.0564. The summed E-state index contributed by atoms with van der Waals surface area (Å²) in [5.41, 5.74) is -0.248. The molecule has 0 aliphatic carbocycles. The van der Waals surface area contributed by atoms with Crippen LogP contribution < -0.4 is 5.63 Å². The van der Waals surface area contributed by atoms with Gasteiger partial charge in [0.2, 0.25) is 0 Å². The van der Waals surface area contributed by atoms with Gasteiger partial charge in [0, 0.05) is 12.0 Å². The van der Waals surface area contributed by atoms with Gasteiger partial charge in [-0.15, -0.1) is 0 Å². The molecule has 0 aliphatic heterocycles. The van der Waals surface area contributed by atoms with Crippen LogP contribution in [0.5, 0.6) is 5.75 Å². The van der Waals surface area contributed by atoms with Crippen LogP contribution in [0.15, 0.2) is 15.3 Å². The zero-order valence-electron chi connectivity index (χ0n) is 8.28. The van der Waals surface area contributed by atoms with E-state index in [1.165, 1.54) is 6.07 Å². The molecule has 1 atom stereocenters. The number of aliphatic hydroxyl groups excluding tert-OH is 1. The first-order valence-electron chi connectivity index (χ1n) is 4.56. The second kappa shape index (κ2) is 4.28. The van der Waals surface area contributed by atoms with Crippen molar-refractivity contribution in [2.45, 2.75) is 26.2 Å². The summed E-state index contributed by atoms with van der Waals surface area (Å²) in [4.78, 5) is 11.3. The van der Waals surface area contributed by atoms with Gasteiger partial charge in [0.05, 0.1) is 12.2 Å². The first-order chi connectivity index (χ1) is 6.60. The number of hydrogen-bond acceptors (Lipinski definition) is 4. The molecule has 0 aromatic carbocycles. The Balaban J connectivity index is 3.21. The number of hydrogen-bond donors (Lipinski definition) is 2. The first-order valence-corrected chi connectivity index (χ1v) is 4.56. The van der Waals surface area contributed by atoms with Crippen LogP contribution in [-0.2, 0) is 6.42 Å². The summed E-state index contributed by atoms with van der Waals surface area (Å²) in [6.07, 6.45) is 0.432. The second-order valence-electron chi connectivity index (χ2n) is 3.24. The van der Waals surface area contributed by atoms with E-state index in [0.29, 0.717) is 12.2 Å². The van der Waals surface area contributed by atoms with Crippen LogP contribution in [0.3, 0.4) is 0 Å². The lowest BCUT2D eigenvalue weighted by molar-refractivity contribution is 0.252. The average molecular weight is 198 g/mol. The van der Waals surface area contributed by atoms with Crippen LogP contribution in [-0.4, -0.2) is 16.8 Å². The quantitative estimate of drug-likeness (QED) is 0.760. The Kier molecular flexibility index (Phi) is 3.30. The SMILES string of the molecule is CCc1c(O)cc(C(C)CO)oc1=O. The van der Waals surface area contributed by atoms with E-state index in [0.717, 1.165) is 0 Å². The maximum absolute atomic E-state index is 11.3. The fraction of sp³-hybridized carbons (Fsp3) is 0.500. The standard InChI is InChI=1S/C10H14O4/c1-3-7-8(12)4-9(6(2)5-11)14-10(7)13/h4,6,11-12H,3,5H2,1-2H3. The Bertz CT molecular complexity index is 367. The molecule has 4 nitrogen and oxygen atoms in total. The molecule has 0 amide bonds.